The molecule has 0 aliphatic carbocycles. The monoisotopic (exact) mass is 399 g/mol. The topological polar surface area (TPSA) is 57.1 Å². The van der Waals surface area contributed by atoms with Crippen molar-refractivity contribution in [3.63, 3.8) is 0 Å². The van der Waals surface area contributed by atoms with Gasteiger partial charge in [-0.1, -0.05) is 17.7 Å². The molecule has 0 unspecified atom stereocenters. The van der Waals surface area contributed by atoms with Crippen LogP contribution in [-0.2, 0) is 9.92 Å². The van der Waals surface area contributed by atoms with Crippen molar-refractivity contribution in [1.82, 2.24) is 9.29 Å². The Morgan fingerprint density at radius 1 is 1.24 bits per heavy atom. The second kappa shape index (κ2) is 6.85. The lowest BCUT2D eigenvalue weighted by atomic mass is 10.1. The van der Waals surface area contributed by atoms with Crippen LogP contribution in [0.25, 0.3) is 0 Å². The number of alkyl halides is 3. The summed E-state index contributed by atoms with van der Waals surface area (Å²) in [4.78, 5) is 2.85. The number of nitrogens with one attached hydrogen (secondary N) is 1. The molecule has 0 spiro atoms. The van der Waals surface area contributed by atoms with Gasteiger partial charge in [0.15, 0.2) is 0 Å². The summed E-state index contributed by atoms with van der Waals surface area (Å²) in [5.41, 5.74) is -0.596. The molecule has 0 saturated carbocycles. The predicted octanol–water partition coefficient (Wildman–Crippen LogP) is 4.57. The van der Waals surface area contributed by atoms with Gasteiger partial charge in [-0.15, -0.1) is 0 Å². The minimum absolute atomic E-state index is 0.201. The van der Waals surface area contributed by atoms with E-state index >= 15 is 0 Å². The van der Waals surface area contributed by atoms with Gasteiger partial charge in [-0.3, -0.25) is 4.98 Å². The van der Waals surface area contributed by atoms with Gasteiger partial charge >= 0.3 is 6.18 Å². The zero-order valence-corrected chi connectivity index (χ0v) is 14.1. The van der Waals surface area contributed by atoms with E-state index in [1.165, 1.54) is 0 Å². The van der Waals surface area contributed by atoms with Crippen LogP contribution in [0.4, 0.5) is 22.0 Å². The number of hydrogen-bond acceptors (Lipinski definition) is 3. The molecule has 136 valence electrons. The lowest BCUT2D eigenvalue weighted by Crippen LogP contribution is -2.39. The molecule has 0 amide bonds. The normalized spacial score (nSPS) is 15.8. The summed E-state index contributed by atoms with van der Waals surface area (Å²) in [6.07, 6.45) is -3.39. The van der Waals surface area contributed by atoms with Crippen molar-refractivity contribution in [1.29, 1.82) is 4.78 Å². The van der Waals surface area contributed by atoms with E-state index in [1.54, 1.807) is 0 Å². The van der Waals surface area contributed by atoms with E-state index in [2.05, 4.69) is 4.98 Å². The predicted molar refractivity (Wildman–Crippen MR) is 81.3 cm³/mol. The molecule has 2 atom stereocenters. The van der Waals surface area contributed by atoms with Crippen molar-refractivity contribution < 1.29 is 26.2 Å². The fourth-order valence-electron chi connectivity index (χ4n) is 2.15. The van der Waals surface area contributed by atoms with Crippen LogP contribution in [0.1, 0.15) is 11.6 Å². The van der Waals surface area contributed by atoms with E-state index < -0.39 is 44.2 Å². The Balaban J connectivity index is 2.56. The lowest BCUT2D eigenvalue weighted by Gasteiger charge is -2.31. The maximum absolute atomic E-state index is 13.6. The number of pyridine rings is 1. The molecule has 2 rings (SSSR count). The first-order valence-corrected chi connectivity index (χ1v) is 8.48. The van der Waals surface area contributed by atoms with Gasteiger partial charge in [0.25, 0.3) is 0 Å². The Kier molecular flexibility index (Phi) is 5.35. The molecular weight excluding hydrogens is 389 g/mol. The highest BCUT2D eigenvalue weighted by atomic mass is 35.5. The number of benzene rings is 1. The zero-order valence-electron chi connectivity index (χ0n) is 12.5. The molecule has 1 N–H and O–H groups in total. The summed E-state index contributed by atoms with van der Waals surface area (Å²) in [5.74, 6) is -2.04. The van der Waals surface area contributed by atoms with E-state index in [0.29, 0.717) is 12.1 Å². The van der Waals surface area contributed by atoms with Gasteiger partial charge in [-0.25, -0.2) is 22.1 Å². The molecular formula is C14H11ClF5N3OS. The summed E-state index contributed by atoms with van der Waals surface area (Å²) in [6.45, 7) is 0. The average molecular weight is 400 g/mol. The Hall–Kier alpha value is -1.78. The molecule has 0 aliphatic rings. The second-order valence-corrected chi connectivity index (χ2v) is 7.53. The molecule has 0 fully saturated rings. The highest BCUT2D eigenvalue weighted by Crippen LogP contribution is 2.40. The SMILES string of the molecule is CN([C@H](c1ccc(Cl)c(F)c1)C(F)(F)F)[S@@](=N)(=O)c1cncc(F)c1. The van der Waals surface area contributed by atoms with Crippen molar-refractivity contribution in [3.8, 4) is 0 Å². The molecule has 4 nitrogen and oxygen atoms in total. The minimum Gasteiger partial charge on any atom is -0.260 e. The Morgan fingerprint density at radius 3 is 2.40 bits per heavy atom. The average Bonchev–Trinajstić information content (AvgIpc) is 2.49. The summed E-state index contributed by atoms with van der Waals surface area (Å²) in [7, 11) is -3.48. The quantitative estimate of drug-likeness (QED) is 0.766. The van der Waals surface area contributed by atoms with E-state index in [-0.39, 0.29) is 9.33 Å². The molecule has 25 heavy (non-hydrogen) atoms. The van der Waals surface area contributed by atoms with Gasteiger partial charge < -0.3 is 0 Å². The first-order chi connectivity index (χ1) is 11.4. The fraction of sp³-hybridized carbons (Fsp3) is 0.214. The van der Waals surface area contributed by atoms with Crippen LogP contribution in [0.15, 0.2) is 41.6 Å². The van der Waals surface area contributed by atoms with Crippen LogP contribution >= 0.6 is 11.6 Å². The fourth-order valence-corrected chi connectivity index (χ4v) is 3.61. The zero-order chi connectivity index (χ0) is 19.0. The first kappa shape index (κ1) is 19.5. The van der Waals surface area contributed by atoms with Crippen molar-refractivity contribution in [2.75, 3.05) is 7.05 Å². The Morgan fingerprint density at radius 2 is 1.88 bits per heavy atom. The third-order valence-corrected chi connectivity index (χ3v) is 5.53. The molecule has 1 aromatic heterocycles. The van der Waals surface area contributed by atoms with Crippen molar-refractivity contribution >= 4 is 21.5 Å². The number of nitrogens with zero attached hydrogens (tertiary/aromatic N) is 2. The standard InChI is InChI=1S/C14H11ClF5N3OS/c1-23(25(21,24)10-5-9(16)6-22-7-10)13(14(18,19)20)8-2-3-11(15)12(17)4-8/h2-7,13,21H,1H3/t13-,25-/m1/s1. The number of halogens is 6. The molecule has 0 saturated heterocycles. The lowest BCUT2D eigenvalue weighted by molar-refractivity contribution is -0.170. The van der Waals surface area contributed by atoms with Crippen molar-refractivity contribution in [2.45, 2.75) is 17.1 Å². The maximum Gasteiger partial charge on any atom is 0.409 e. The molecule has 1 aromatic carbocycles. The molecule has 0 aliphatic heterocycles. The van der Waals surface area contributed by atoms with E-state index in [4.69, 9.17) is 16.4 Å². The second-order valence-electron chi connectivity index (χ2n) is 5.03. The van der Waals surface area contributed by atoms with Crippen LogP contribution in [0.3, 0.4) is 0 Å². The number of rotatable bonds is 4. The van der Waals surface area contributed by atoms with Crippen molar-refractivity contribution in [2.24, 2.45) is 0 Å². The molecule has 0 radical (unpaired) electrons. The van der Waals surface area contributed by atoms with Gasteiger partial charge in [0, 0.05) is 13.2 Å². The third kappa shape index (κ3) is 4.07. The largest absolute Gasteiger partial charge is 0.409 e. The smallest absolute Gasteiger partial charge is 0.260 e. The first-order valence-electron chi connectivity index (χ1n) is 6.58. The van der Waals surface area contributed by atoms with Crippen LogP contribution < -0.4 is 0 Å². The van der Waals surface area contributed by atoms with Gasteiger partial charge in [-0.2, -0.15) is 13.2 Å². The molecule has 1 heterocycles. The van der Waals surface area contributed by atoms with Gasteiger partial charge in [0.1, 0.15) is 27.6 Å². The van der Waals surface area contributed by atoms with Gasteiger partial charge in [-0.05, 0) is 23.8 Å². The van der Waals surface area contributed by atoms with E-state index in [9.17, 15) is 26.2 Å². The van der Waals surface area contributed by atoms with Crippen LogP contribution in [-0.4, -0.2) is 26.7 Å². The van der Waals surface area contributed by atoms with Crippen LogP contribution in [0, 0.1) is 16.4 Å². The Bertz CT molecular complexity index is 888. The summed E-state index contributed by atoms with van der Waals surface area (Å²) in [5, 5.41) is -0.381. The minimum atomic E-state index is -4.99. The van der Waals surface area contributed by atoms with Gasteiger partial charge in [0.2, 0.25) is 0 Å². The molecule has 0 bridgehead atoms. The summed E-state index contributed by atoms with van der Waals surface area (Å²) in [6, 6.07) is 0.478. The van der Waals surface area contributed by atoms with Gasteiger partial charge in [0.05, 0.1) is 16.1 Å². The highest BCUT2D eigenvalue weighted by molar-refractivity contribution is 7.90. The highest BCUT2D eigenvalue weighted by Gasteiger charge is 2.47. The molecule has 2 aromatic rings. The summed E-state index contributed by atoms with van der Waals surface area (Å²) >= 11 is 5.47. The Labute approximate surface area is 145 Å². The van der Waals surface area contributed by atoms with E-state index in [0.717, 1.165) is 31.6 Å². The number of aromatic nitrogens is 1. The van der Waals surface area contributed by atoms with Crippen LogP contribution in [0.5, 0.6) is 0 Å². The van der Waals surface area contributed by atoms with E-state index in [1.807, 2.05) is 0 Å². The van der Waals surface area contributed by atoms with Crippen molar-refractivity contribution in [3.05, 3.63) is 58.9 Å². The molecule has 11 heteroatoms. The van der Waals surface area contributed by atoms with Crippen LogP contribution in [0.2, 0.25) is 5.02 Å². The summed E-state index contributed by atoms with van der Waals surface area (Å²) < 4.78 is 88.0. The number of hydrogen-bond donors (Lipinski definition) is 1. The maximum atomic E-state index is 13.6. The third-order valence-electron chi connectivity index (χ3n) is 3.34.